The van der Waals surface area contributed by atoms with Crippen molar-refractivity contribution in [3.63, 3.8) is 0 Å². The third-order valence-electron chi connectivity index (χ3n) is 5.22. The Morgan fingerprint density at radius 2 is 1.90 bits per heavy atom. The molecule has 2 aromatic heterocycles. The molecule has 0 aliphatic carbocycles. The third kappa shape index (κ3) is 5.21. The van der Waals surface area contributed by atoms with Crippen molar-refractivity contribution in [2.75, 3.05) is 30.9 Å². The maximum atomic E-state index is 11.6. The van der Waals surface area contributed by atoms with Crippen molar-refractivity contribution in [1.29, 1.82) is 0 Å². The molecule has 9 nitrogen and oxygen atoms in total. The normalized spacial score (nSPS) is 15.5. The van der Waals surface area contributed by atoms with Crippen molar-refractivity contribution in [3.05, 3.63) is 30.1 Å². The number of sulfone groups is 1. The number of nitrogens with zero attached hydrogens (tertiary/aromatic N) is 5. The highest BCUT2D eigenvalue weighted by atomic mass is 32.2. The number of hydrogen-bond donors (Lipinski definition) is 0. The van der Waals surface area contributed by atoms with E-state index in [2.05, 4.69) is 24.4 Å². The summed E-state index contributed by atoms with van der Waals surface area (Å²) in [6, 6.07) is 7.14. The molecule has 1 fully saturated rings. The van der Waals surface area contributed by atoms with Crippen LogP contribution in [0.5, 0.6) is 5.19 Å². The lowest BCUT2D eigenvalue weighted by atomic mass is 9.98. The van der Waals surface area contributed by atoms with E-state index < -0.39 is 9.84 Å². The summed E-state index contributed by atoms with van der Waals surface area (Å²) < 4.78 is 38.8. The monoisotopic (exact) mass is 463 g/mol. The number of piperidine rings is 1. The van der Waals surface area contributed by atoms with Crippen LogP contribution < -0.4 is 9.64 Å². The largest absolute Gasteiger partial charge is 0.469 e. The number of benzene rings is 1. The fourth-order valence-electron chi connectivity index (χ4n) is 3.31. The number of ether oxygens (including phenoxy) is 1. The van der Waals surface area contributed by atoms with Crippen LogP contribution in [0.25, 0.3) is 11.4 Å². The van der Waals surface area contributed by atoms with Crippen LogP contribution in [0.1, 0.15) is 38.4 Å². The summed E-state index contributed by atoms with van der Waals surface area (Å²) in [6.07, 6.45) is 3.13. The summed E-state index contributed by atoms with van der Waals surface area (Å²) in [4.78, 5) is 11.3. The Kier molecular flexibility index (Phi) is 6.24. The minimum Gasteiger partial charge on any atom is -0.469 e. The Bertz CT molecular complexity index is 1120. The molecule has 0 radical (unpaired) electrons. The van der Waals surface area contributed by atoms with Crippen LogP contribution in [-0.2, 0) is 9.84 Å². The highest BCUT2D eigenvalue weighted by Gasteiger charge is 2.24. The van der Waals surface area contributed by atoms with E-state index in [-0.39, 0.29) is 10.8 Å². The second kappa shape index (κ2) is 8.91. The van der Waals surface area contributed by atoms with Crippen LogP contribution in [0.4, 0.5) is 6.01 Å². The van der Waals surface area contributed by atoms with E-state index in [1.54, 1.807) is 24.3 Å². The molecule has 0 atom stereocenters. The molecule has 0 amide bonds. The third-order valence-corrected chi connectivity index (χ3v) is 6.98. The van der Waals surface area contributed by atoms with Crippen molar-refractivity contribution in [3.8, 4) is 16.6 Å². The lowest BCUT2D eigenvalue weighted by Gasteiger charge is -2.30. The summed E-state index contributed by atoms with van der Waals surface area (Å²) in [5, 5.41) is 4.55. The van der Waals surface area contributed by atoms with Gasteiger partial charge in [-0.1, -0.05) is 19.0 Å². The fraction of sp³-hybridized carbons (Fsp3) is 0.500. The molecule has 0 spiro atoms. The molecule has 3 heterocycles. The van der Waals surface area contributed by atoms with Crippen molar-refractivity contribution in [1.82, 2.24) is 19.5 Å². The van der Waals surface area contributed by atoms with E-state index in [0.717, 1.165) is 37.3 Å². The molecular weight excluding hydrogens is 438 g/mol. The highest BCUT2D eigenvalue weighted by Crippen LogP contribution is 2.27. The van der Waals surface area contributed by atoms with Crippen LogP contribution in [0.2, 0.25) is 0 Å². The molecular formula is C20H25N5O4S2. The van der Waals surface area contributed by atoms with Crippen LogP contribution in [0, 0.1) is 5.92 Å². The molecule has 0 N–H and O–H groups in total. The number of aromatic nitrogens is 4. The predicted molar refractivity (Wildman–Crippen MR) is 117 cm³/mol. The second-order valence-electron chi connectivity index (χ2n) is 8.01. The molecule has 1 aliphatic heterocycles. The van der Waals surface area contributed by atoms with Gasteiger partial charge in [0.15, 0.2) is 21.5 Å². The first-order chi connectivity index (χ1) is 14.8. The van der Waals surface area contributed by atoms with Gasteiger partial charge in [0.2, 0.25) is 0 Å². The number of hydrogen-bond acceptors (Lipinski definition) is 10. The molecule has 0 unspecified atom stereocenters. The summed E-state index contributed by atoms with van der Waals surface area (Å²) >= 11 is 1.20. The highest BCUT2D eigenvalue weighted by molar-refractivity contribution is 7.90. The van der Waals surface area contributed by atoms with Crippen molar-refractivity contribution in [2.45, 2.75) is 37.5 Å². The van der Waals surface area contributed by atoms with Gasteiger partial charge in [0.1, 0.15) is 0 Å². The minimum absolute atomic E-state index is 0.248. The molecule has 1 saturated heterocycles. The van der Waals surface area contributed by atoms with Crippen molar-refractivity contribution in [2.24, 2.45) is 5.92 Å². The van der Waals surface area contributed by atoms with Gasteiger partial charge in [-0.05, 0) is 43.0 Å². The van der Waals surface area contributed by atoms with E-state index in [1.165, 1.54) is 17.8 Å². The van der Waals surface area contributed by atoms with Gasteiger partial charge in [-0.3, -0.25) is 0 Å². The zero-order valence-electron chi connectivity index (χ0n) is 17.7. The van der Waals surface area contributed by atoms with E-state index in [0.29, 0.717) is 29.6 Å². The van der Waals surface area contributed by atoms with Gasteiger partial charge in [0.05, 0.1) is 11.5 Å². The minimum atomic E-state index is -3.22. The lowest BCUT2D eigenvalue weighted by molar-refractivity contribution is 0.219. The Labute approximate surface area is 185 Å². The first-order valence-corrected chi connectivity index (χ1v) is 12.8. The predicted octanol–water partition coefficient (Wildman–Crippen LogP) is 3.41. The smallest absolute Gasteiger partial charge is 0.324 e. The van der Waals surface area contributed by atoms with Gasteiger partial charge >= 0.3 is 6.01 Å². The van der Waals surface area contributed by atoms with Crippen LogP contribution in [-0.4, -0.2) is 53.9 Å². The molecule has 4 rings (SSSR count). The van der Waals surface area contributed by atoms with Crippen molar-refractivity contribution < 1.29 is 17.7 Å². The Morgan fingerprint density at radius 1 is 1.19 bits per heavy atom. The molecule has 11 heteroatoms. The molecule has 1 aliphatic rings. The summed E-state index contributed by atoms with van der Waals surface area (Å²) in [5.41, 5.74) is 0.757. The Balaban J connectivity index is 1.28. The van der Waals surface area contributed by atoms with Crippen LogP contribution >= 0.6 is 11.5 Å². The maximum Gasteiger partial charge on any atom is 0.324 e. The SMILES string of the molecule is CC(C)c1noc(N2CCC(COc3nc(-c4ccc(S(C)(=O)=O)cc4)ns3)CC2)n1. The molecule has 3 aromatic rings. The molecule has 1 aromatic carbocycles. The van der Waals surface area contributed by atoms with E-state index >= 15 is 0 Å². The van der Waals surface area contributed by atoms with Gasteiger partial charge in [-0.15, -0.1) is 0 Å². The first kappa shape index (κ1) is 21.7. The summed E-state index contributed by atoms with van der Waals surface area (Å²) in [7, 11) is -3.22. The molecule has 31 heavy (non-hydrogen) atoms. The van der Waals surface area contributed by atoms with E-state index in [1.807, 2.05) is 13.8 Å². The quantitative estimate of drug-likeness (QED) is 0.520. The molecule has 0 bridgehead atoms. The number of rotatable bonds is 7. The van der Waals surface area contributed by atoms with Gasteiger partial charge in [0.25, 0.3) is 5.19 Å². The fourth-order valence-corrected chi connectivity index (χ4v) is 4.50. The zero-order valence-corrected chi connectivity index (χ0v) is 19.3. The Hall–Kier alpha value is -2.53. The van der Waals surface area contributed by atoms with E-state index in [4.69, 9.17) is 9.26 Å². The molecule has 166 valence electrons. The first-order valence-electron chi connectivity index (χ1n) is 10.1. The van der Waals surface area contributed by atoms with Crippen molar-refractivity contribution >= 4 is 27.4 Å². The topological polar surface area (TPSA) is 111 Å². The zero-order chi connectivity index (χ0) is 22.0. The number of anilines is 1. The van der Waals surface area contributed by atoms with Gasteiger partial charge in [-0.2, -0.15) is 14.3 Å². The lowest BCUT2D eigenvalue weighted by Crippen LogP contribution is -2.35. The molecule has 0 saturated carbocycles. The van der Waals surface area contributed by atoms with Gasteiger partial charge < -0.3 is 14.2 Å². The van der Waals surface area contributed by atoms with E-state index in [9.17, 15) is 8.42 Å². The standard InChI is InChI=1S/C20H25N5O4S2/c1-13(2)17-21-19(29-23-17)25-10-8-14(9-11-25)12-28-20-22-18(24-30-20)15-4-6-16(7-5-15)31(3,26)27/h4-7,13-14H,8-12H2,1-3H3. The van der Waals surface area contributed by atoms with Crippen LogP contribution in [0.15, 0.2) is 33.7 Å². The second-order valence-corrected chi connectivity index (χ2v) is 10.7. The van der Waals surface area contributed by atoms with Crippen LogP contribution in [0.3, 0.4) is 0 Å². The Morgan fingerprint density at radius 3 is 2.52 bits per heavy atom. The summed E-state index contributed by atoms with van der Waals surface area (Å²) in [6.45, 7) is 6.36. The average Bonchev–Trinajstić information content (AvgIpc) is 3.42. The van der Waals surface area contributed by atoms with Gasteiger partial charge in [0, 0.05) is 42.4 Å². The maximum absolute atomic E-state index is 11.6. The van der Waals surface area contributed by atoms with Gasteiger partial charge in [-0.25, -0.2) is 8.42 Å². The average molecular weight is 464 g/mol. The summed E-state index contributed by atoms with van der Waals surface area (Å²) in [5.74, 6) is 1.94.